The summed E-state index contributed by atoms with van der Waals surface area (Å²) in [6.07, 6.45) is 5.48. The van der Waals surface area contributed by atoms with Crippen LogP contribution in [0.3, 0.4) is 0 Å². The topological polar surface area (TPSA) is 32.3 Å². The van der Waals surface area contributed by atoms with Crippen LogP contribution in [-0.4, -0.2) is 17.3 Å². The van der Waals surface area contributed by atoms with Gasteiger partial charge >= 0.3 is 0 Å². The fourth-order valence-corrected chi connectivity index (χ4v) is 3.71. The summed E-state index contributed by atoms with van der Waals surface area (Å²) in [6.45, 7) is 9.43. The molecule has 1 aromatic rings. The zero-order valence-corrected chi connectivity index (χ0v) is 13.4. The minimum atomic E-state index is -0.487. The SMILES string of the molecule is Cc1cc(C)c(C(C)NCC2(O)CCCCC2)c(C)c1. The first-order valence-corrected chi connectivity index (χ1v) is 7.95. The smallest absolute Gasteiger partial charge is 0.0771 e. The van der Waals surface area contributed by atoms with Gasteiger partial charge in [-0.15, -0.1) is 0 Å². The molecule has 2 N–H and O–H groups in total. The van der Waals surface area contributed by atoms with Crippen LogP contribution in [-0.2, 0) is 0 Å². The largest absolute Gasteiger partial charge is 0.389 e. The van der Waals surface area contributed by atoms with E-state index in [9.17, 15) is 5.11 Å². The Balaban J connectivity index is 2.03. The molecular weight excluding hydrogens is 246 g/mol. The maximum atomic E-state index is 10.6. The second-order valence-corrected chi connectivity index (χ2v) is 6.70. The van der Waals surface area contributed by atoms with Gasteiger partial charge in [0.2, 0.25) is 0 Å². The molecule has 112 valence electrons. The number of rotatable bonds is 4. The van der Waals surface area contributed by atoms with Crippen LogP contribution in [0.25, 0.3) is 0 Å². The molecule has 2 heteroatoms. The Morgan fingerprint density at radius 1 is 1.10 bits per heavy atom. The third-order valence-electron chi connectivity index (χ3n) is 4.69. The molecule has 2 nitrogen and oxygen atoms in total. The van der Waals surface area contributed by atoms with Gasteiger partial charge < -0.3 is 10.4 Å². The number of aryl methyl sites for hydroxylation is 3. The molecule has 1 unspecified atom stereocenters. The quantitative estimate of drug-likeness (QED) is 0.872. The molecule has 1 aliphatic rings. The Morgan fingerprint density at radius 2 is 1.65 bits per heavy atom. The van der Waals surface area contributed by atoms with E-state index in [0.717, 1.165) is 25.7 Å². The van der Waals surface area contributed by atoms with Gasteiger partial charge in [-0.25, -0.2) is 0 Å². The molecule has 1 atom stereocenters. The molecule has 1 saturated carbocycles. The fourth-order valence-electron chi connectivity index (χ4n) is 3.71. The second kappa shape index (κ2) is 6.28. The van der Waals surface area contributed by atoms with Crippen molar-refractivity contribution in [1.82, 2.24) is 5.32 Å². The highest BCUT2D eigenvalue weighted by Gasteiger charge is 2.29. The molecule has 20 heavy (non-hydrogen) atoms. The molecule has 0 spiro atoms. The van der Waals surface area contributed by atoms with E-state index in [1.54, 1.807) is 0 Å². The van der Waals surface area contributed by atoms with Crippen molar-refractivity contribution in [2.24, 2.45) is 0 Å². The third-order valence-corrected chi connectivity index (χ3v) is 4.69. The summed E-state index contributed by atoms with van der Waals surface area (Å²) in [4.78, 5) is 0. The zero-order chi connectivity index (χ0) is 14.8. The van der Waals surface area contributed by atoms with Crippen molar-refractivity contribution >= 4 is 0 Å². The van der Waals surface area contributed by atoms with Crippen LogP contribution in [0.5, 0.6) is 0 Å². The van der Waals surface area contributed by atoms with Gasteiger partial charge in [0.25, 0.3) is 0 Å². The maximum Gasteiger partial charge on any atom is 0.0771 e. The van der Waals surface area contributed by atoms with Gasteiger partial charge in [0.1, 0.15) is 0 Å². The molecule has 0 saturated heterocycles. The number of benzene rings is 1. The third kappa shape index (κ3) is 3.62. The first-order valence-electron chi connectivity index (χ1n) is 7.95. The van der Waals surface area contributed by atoms with Gasteiger partial charge in [0, 0.05) is 12.6 Å². The standard InChI is InChI=1S/C18H29NO/c1-13-10-14(2)17(15(3)11-13)16(4)19-12-18(20)8-6-5-7-9-18/h10-11,16,19-20H,5-9,12H2,1-4H3. The Kier molecular flexibility index (Phi) is 4.87. The van der Waals surface area contributed by atoms with Crippen LogP contribution in [0.15, 0.2) is 12.1 Å². The van der Waals surface area contributed by atoms with Crippen LogP contribution < -0.4 is 5.32 Å². The van der Waals surface area contributed by atoms with E-state index in [1.165, 1.54) is 28.7 Å². The monoisotopic (exact) mass is 275 g/mol. The van der Waals surface area contributed by atoms with Crippen LogP contribution in [0.2, 0.25) is 0 Å². The van der Waals surface area contributed by atoms with E-state index >= 15 is 0 Å². The predicted octanol–water partition coefficient (Wildman–Crippen LogP) is 3.96. The van der Waals surface area contributed by atoms with Gasteiger partial charge in [-0.1, -0.05) is 37.0 Å². The minimum absolute atomic E-state index is 0.293. The molecule has 1 aromatic carbocycles. The highest BCUT2D eigenvalue weighted by atomic mass is 16.3. The fraction of sp³-hybridized carbons (Fsp3) is 0.667. The predicted molar refractivity (Wildman–Crippen MR) is 85.1 cm³/mol. The van der Waals surface area contributed by atoms with E-state index < -0.39 is 5.60 Å². The molecule has 0 bridgehead atoms. The van der Waals surface area contributed by atoms with E-state index in [-0.39, 0.29) is 0 Å². The average Bonchev–Trinajstić information content (AvgIpc) is 2.36. The first-order chi connectivity index (χ1) is 9.41. The van der Waals surface area contributed by atoms with Crippen molar-refractivity contribution in [3.8, 4) is 0 Å². The van der Waals surface area contributed by atoms with Gasteiger partial charge in [0.05, 0.1) is 5.60 Å². The summed E-state index contributed by atoms with van der Waals surface area (Å²) in [7, 11) is 0. The lowest BCUT2D eigenvalue weighted by atomic mass is 9.84. The van der Waals surface area contributed by atoms with E-state index in [2.05, 4.69) is 45.1 Å². The molecule has 1 aliphatic carbocycles. The highest BCUT2D eigenvalue weighted by Crippen LogP contribution is 2.29. The van der Waals surface area contributed by atoms with Gasteiger partial charge in [0.15, 0.2) is 0 Å². The lowest BCUT2D eigenvalue weighted by Gasteiger charge is -2.34. The normalized spacial score (nSPS) is 19.9. The van der Waals surface area contributed by atoms with Crippen LogP contribution >= 0.6 is 0 Å². The number of aliphatic hydroxyl groups is 1. The van der Waals surface area contributed by atoms with Crippen molar-refractivity contribution in [3.63, 3.8) is 0 Å². The van der Waals surface area contributed by atoms with Crippen molar-refractivity contribution < 1.29 is 5.11 Å². The molecule has 0 amide bonds. The average molecular weight is 275 g/mol. The Bertz CT molecular complexity index is 437. The summed E-state index contributed by atoms with van der Waals surface area (Å²) >= 11 is 0. The van der Waals surface area contributed by atoms with Crippen molar-refractivity contribution in [1.29, 1.82) is 0 Å². The number of hydrogen-bond donors (Lipinski definition) is 2. The number of nitrogens with one attached hydrogen (secondary N) is 1. The molecule has 0 radical (unpaired) electrons. The maximum absolute atomic E-state index is 10.6. The summed E-state index contributed by atoms with van der Waals surface area (Å²) in [5.74, 6) is 0. The Morgan fingerprint density at radius 3 is 2.20 bits per heavy atom. The summed E-state index contributed by atoms with van der Waals surface area (Å²) in [5.41, 5.74) is 4.91. The van der Waals surface area contributed by atoms with Gasteiger partial charge in [-0.2, -0.15) is 0 Å². The summed E-state index contributed by atoms with van der Waals surface area (Å²) < 4.78 is 0. The first kappa shape index (κ1) is 15.5. The minimum Gasteiger partial charge on any atom is -0.389 e. The van der Waals surface area contributed by atoms with E-state index in [4.69, 9.17) is 0 Å². The van der Waals surface area contributed by atoms with Crippen molar-refractivity contribution in [2.75, 3.05) is 6.54 Å². The molecular formula is C18H29NO. The highest BCUT2D eigenvalue weighted by molar-refractivity contribution is 5.39. The lowest BCUT2D eigenvalue weighted by molar-refractivity contribution is 0.00297. The van der Waals surface area contributed by atoms with Gasteiger partial charge in [-0.05, 0) is 57.2 Å². The molecule has 1 fully saturated rings. The van der Waals surface area contributed by atoms with Crippen LogP contribution in [0, 0.1) is 20.8 Å². The molecule has 0 heterocycles. The number of hydrogen-bond acceptors (Lipinski definition) is 2. The van der Waals surface area contributed by atoms with Gasteiger partial charge in [-0.3, -0.25) is 0 Å². The Hall–Kier alpha value is -0.860. The Labute approximate surface area is 123 Å². The van der Waals surface area contributed by atoms with E-state index in [0.29, 0.717) is 12.6 Å². The van der Waals surface area contributed by atoms with E-state index in [1.807, 2.05) is 0 Å². The summed E-state index contributed by atoms with van der Waals surface area (Å²) in [5, 5.41) is 14.1. The molecule has 0 aliphatic heterocycles. The molecule has 2 rings (SSSR count). The zero-order valence-electron chi connectivity index (χ0n) is 13.4. The van der Waals surface area contributed by atoms with Crippen LogP contribution in [0.1, 0.15) is 67.3 Å². The van der Waals surface area contributed by atoms with Crippen LogP contribution in [0.4, 0.5) is 0 Å². The van der Waals surface area contributed by atoms with Crippen molar-refractivity contribution in [3.05, 3.63) is 34.4 Å². The molecule has 0 aromatic heterocycles. The lowest BCUT2D eigenvalue weighted by Crippen LogP contribution is -2.43. The summed E-state index contributed by atoms with van der Waals surface area (Å²) in [6, 6.07) is 4.78. The second-order valence-electron chi connectivity index (χ2n) is 6.70. The van der Waals surface area contributed by atoms with Crippen molar-refractivity contribution in [2.45, 2.75) is 71.4 Å².